The zero-order valence-electron chi connectivity index (χ0n) is 10.3. The molecule has 2 rings (SSSR count). The fraction of sp³-hybridized carbons (Fsp3) is 0.692. The highest BCUT2D eigenvalue weighted by Gasteiger charge is 2.23. The molecule has 0 saturated carbocycles. The average molecular weight is 232 g/mol. The van der Waals surface area contributed by atoms with Crippen molar-refractivity contribution in [2.45, 2.75) is 31.3 Å². The van der Waals surface area contributed by atoms with Crippen molar-refractivity contribution in [3.05, 3.63) is 23.7 Å². The van der Waals surface area contributed by atoms with Crippen LogP contribution in [0.2, 0.25) is 0 Å². The number of allylic oxidation sites excluding steroid dienone is 2. The van der Waals surface area contributed by atoms with E-state index in [-0.39, 0.29) is 6.61 Å². The van der Waals surface area contributed by atoms with E-state index in [0.717, 1.165) is 25.0 Å². The first-order valence-corrected chi connectivity index (χ1v) is 6.51. The zero-order chi connectivity index (χ0) is 12.1. The molecule has 17 heavy (non-hydrogen) atoms. The lowest BCUT2D eigenvalue weighted by Gasteiger charge is -2.37. The highest BCUT2D eigenvalue weighted by Crippen LogP contribution is 2.19. The monoisotopic (exact) mass is 232 g/mol. The summed E-state index contributed by atoms with van der Waals surface area (Å²) in [6.45, 7) is 3.21. The van der Waals surface area contributed by atoms with E-state index in [1.54, 1.807) is 0 Å². The lowest BCUT2D eigenvalue weighted by molar-refractivity contribution is 0.162. The molecule has 0 amide bonds. The molecule has 1 saturated heterocycles. The molecule has 2 N–H and O–H groups in total. The topological polar surface area (TPSA) is 35.5 Å². The van der Waals surface area contributed by atoms with Crippen LogP contribution in [-0.4, -0.2) is 56.2 Å². The van der Waals surface area contributed by atoms with Crippen LogP contribution in [-0.2, 0) is 0 Å². The molecule has 92 valence electrons. The molecule has 1 unspecified atom stereocenters. The van der Waals surface area contributed by atoms with Crippen molar-refractivity contribution >= 4 is 7.85 Å². The maximum atomic E-state index is 8.78. The van der Waals surface area contributed by atoms with Gasteiger partial charge in [0.15, 0.2) is 0 Å². The summed E-state index contributed by atoms with van der Waals surface area (Å²) in [6.07, 6.45) is 9.73. The largest absolute Gasteiger partial charge is 0.395 e. The van der Waals surface area contributed by atoms with E-state index in [9.17, 15) is 0 Å². The number of aliphatic hydroxyl groups is 1. The van der Waals surface area contributed by atoms with Gasteiger partial charge in [-0.3, -0.25) is 4.90 Å². The van der Waals surface area contributed by atoms with Gasteiger partial charge in [-0.15, -0.1) is 5.47 Å². The quantitative estimate of drug-likeness (QED) is 0.689. The first-order valence-electron chi connectivity index (χ1n) is 6.51. The Morgan fingerprint density at radius 1 is 1.41 bits per heavy atom. The van der Waals surface area contributed by atoms with E-state index in [1.807, 2.05) is 6.08 Å². The van der Waals surface area contributed by atoms with E-state index in [0.29, 0.717) is 18.6 Å². The number of aliphatic hydroxyl groups excluding tert-OH is 1. The molecule has 0 spiro atoms. The Hall–Kier alpha value is -0.575. The second-order valence-corrected chi connectivity index (χ2v) is 4.85. The summed E-state index contributed by atoms with van der Waals surface area (Å²) < 4.78 is 0. The average Bonchev–Trinajstić information content (AvgIpc) is 2.38. The van der Waals surface area contributed by atoms with E-state index in [2.05, 4.69) is 22.4 Å². The number of nitrogens with zero attached hydrogens (tertiary/aromatic N) is 1. The summed E-state index contributed by atoms with van der Waals surface area (Å²) in [5.41, 5.74) is 0.890. The molecule has 4 heteroatoms. The summed E-state index contributed by atoms with van der Waals surface area (Å²) >= 11 is 0. The van der Waals surface area contributed by atoms with Crippen molar-refractivity contribution in [2.24, 2.45) is 0 Å². The van der Waals surface area contributed by atoms with E-state index in [1.165, 1.54) is 12.8 Å². The number of nitrogens with one attached hydrogen (secondary N) is 1. The van der Waals surface area contributed by atoms with Crippen molar-refractivity contribution < 1.29 is 5.11 Å². The number of hydrogen-bond donors (Lipinski definition) is 2. The lowest BCUT2D eigenvalue weighted by Crippen LogP contribution is -2.46. The smallest absolute Gasteiger partial charge is 0.113 e. The third-order valence-corrected chi connectivity index (χ3v) is 3.65. The maximum absolute atomic E-state index is 8.78. The minimum atomic E-state index is 0.232. The minimum absolute atomic E-state index is 0.232. The second-order valence-electron chi connectivity index (χ2n) is 4.85. The minimum Gasteiger partial charge on any atom is -0.395 e. The molecule has 1 heterocycles. The molecule has 1 atom stereocenters. The summed E-state index contributed by atoms with van der Waals surface area (Å²) in [6, 6.07) is 1.10. The Bertz CT molecular complexity index is 296. The molecular weight excluding hydrogens is 211 g/mol. The number of likely N-dealkylation sites (tertiary alicyclic amines) is 1. The fourth-order valence-corrected chi connectivity index (χ4v) is 2.60. The highest BCUT2D eigenvalue weighted by atomic mass is 16.3. The van der Waals surface area contributed by atoms with Gasteiger partial charge in [-0.05, 0) is 19.3 Å². The Kier molecular flexibility index (Phi) is 4.83. The molecule has 1 fully saturated rings. The van der Waals surface area contributed by atoms with Gasteiger partial charge in [0.25, 0.3) is 0 Å². The van der Waals surface area contributed by atoms with Crippen molar-refractivity contribution in [1.29, 1.82) is 0 Å². The molecule has 3 nitrogen and oxygen atoms in total. The maximum Gasteiger partial charge on any atom is 0.113 e. The molecule has 1 aliphatic heterocycles. The molecule has 2 aliphatic rings. The Morgan fingerprint density at radius 3 is 2.76 bits per heavy atom. The van der Waals surface area contributed by atoms with E-state index < -0.39 is 0 Å². The second kappa shape index (κ2) is 6.38. The standard InChI is InChI=1S/C13H21BN2O/c14-11-1-3-13(4-2-11)16-8-5-12(6-9-16)15-7-10-17/h1-3,12-13,15,17H,4-10H2. The summed E-state index contributed by atoms with van der Waals surface area (Å²) in [4.78, 5) is 2.52. The van der Waals surface area contributed by atoms with E-state index >= 15 is 0 Å². The van der Waals surface area contributed by atoms with Crippen LogP contribution < -0.4 is 5.32 Å². The molecule has 0 aromatic heterocycles. The van der Waals surface area contributed by atoms with Crippen molar-refractivity contribution in [2.75, 3.05) is 26.2 Å². The van der Waals surface area contributed by atoms with Crippen LogP contribution in [0.4, 0.5) is 0 Å². The van der Waals surface area contributed by atoms with Crippen LogP contribution in [0.5, 0.6) is 0 Å². The van der Waals surface area contributed by atoms with Gasteiger partial charge in [0.2, 0.25) is 0 Å². The lowest BCUT2D eigenvalue weighted by atomic mass is 9.88. The predicted molar refractivity (Wildman–Crippen MR) is 71.1 cm³/mol. The first kappa shape index (κ1) is 12.9. The van der Waals surface area contributed by atoms with Crippen LogP contribution in [0.1, 0.15) is 19.3 Å². The van der Waals surface area contributed by atoms with Gasteiger partial charge >= 0.3 is 0 Å². The van der Waals surface area contributed by atoms with Gasteiger partial charge in [-0.2, -0.15) is 0 Å². The van der Waals surface area contributed by atoms with Gasteiger partial charge in [-0.1, -0.05) is 18.2 Å². The van der Waals surface area contributed by atoms with Gasteiger partial charge in [0, 0.05) is 31.7 Å². The Morgan fingerprint density at radius 2 is 2.18 bits per heavy atom. The molecule has 2 radical (unpaired) electrons. The number of piperidine rings is 1. The predicted octanol–water partition coefficient (Wildman–Crippen LogP) is 0.414. The number of hydrogen-bond acceptors (Lipinski definition) is 3. The van der Waals surface area contributed by atoms with Gasteiger partial charge < -0.3 is 10.4 Å². The third kappa shape index (κ3) is 3.70. The summed E-state index contributed by atoms with van der Waals surface area (Å²) in [7, 11) is 5.73. The van der Waals surface area contributed by atoms with Gasteiger partial charge in [0.1, 0.15) is 7.85 Å². The van der Waals surface area contributed by atoms with Crippen molar-refractivity contribution in [3.8, 4) is 0 Å². The van der Waals surface area contributed by atoms with E-state index in [4.69, 9.17) is 13.0 Å². The van der Waals surface area contributed by atoms with Crippen LogP contribution in [0.15, 0.2) is 23.7 Å². The fourth-order valence-electron chi connectivity index (χ4n) is 2.60. The van der Waals surface area contributed by atoms with Crippen LogP contribution in [0.25, 0.3) is 0 Å². The van der Waals surface area contributed by atoms with Gasteiger partial charge in [0.05, 0.1) is 6.61 Å². The number of rotatable bonds is 4. The van der Waals surface area contributed by atoms with Gasteiger partial charge in [-0.25, -0.2) is 0 Å². The molecular formula is C13H21BN2O. The first-order chi connectivity index (χ1) is 8.29. The van der Waals surface area contributed by atoms with Crippen molar-refractivity contribution in [1.82, 2.24) is 10.2 Å². The normalized spacial score (nSPS) is 27.1. The van der Waals surface area contributed by atoms with Crippen LogP contribution in [0, 0.1) is 0 Å². The summed E-state index contributed by atoms with van der Waals surface area (Å²) in [5, 5.41) is 12.2. The molecule has 1 aliphatic carbocycles. The SMILES string of the molecule is [B]C1=CCC(N2CCC(NCCO)CC2)C=C1. The highest BCUT2D eigenvalue weighted by molar-refractivity contribution is 6.23. The Labute approximate surface area is 105 Å². The molecule has 0 aromatic carbocycles. The molecule has 0 aromatic rings. The van der Waals surface area contributed by atoms with Crippen LogP contribution >= 0.6 is 0 Å². The van der Waals surface area contributed by atoms with Crippen molar-refractivity contribution in [3.63, 3.8) is 0 Å². The molecule has 0 bridgehead atoms. The third-order valence-electron chi connectivity index (χ3n) is 3.65. The van der Waals surface area contributed by atoms with Crippen LogP contribution in [0.3, 0.4) is 0 Å². The Balaban J connectivity index is 1.74. The summed E-state index contributed by atoms with van der Waals surface area (Å²) in [5.74, 6) is 0. The zero-order valence-corrected chi connectivity index (χ0v) is 10.3.